The number of benzene rings is 1. The van der Waals surface area contributed by atoms with Gasteiger partial charge in [0.05, 0.1) is 29.8 Å². The third-order valence-electron chi connectivity index (χ3n) is 1.64. The van der Waals surface area contributed by atoms with Gasteiger partial charge in [-0.15, -0.1) is 0 Å². The van der Waals surface area contributed by atoms with Crippen LogP contribution in [0.3, 0.4) is 0 Å². The maximum atomic E-state index is 9.25. The summed E-state index contributed by atoms with van der Waals surface area (Å²) in [4.78, 5) is 0. The molecule has 0 unspecified atom stereocenters. The molecule has 3 N–H and O–H groups in total. The zero-order valence-corrected chi connectivity index (χ0v) is 6.78. The molecule has 64 valence electrons. The molecule has 4 heteroatoms. The van der Waals surface area contributed by atoms with E-state index in [9.17, 15) is 5.11 Å². The Morgan fingerprint density at radius 2 is 2.08 bits per heavy atom. The molecule has 0 aliphatic carbocycles. The molecule has 0 bridgehead atoms. The van der Waals surface area contributed by atoms with Crippen molar-refractivity contribution >= 4 is 5.69 Å². The summed E-state index contributed by atoms with van der Waals surface area (Å²) in [6.45, 7) is 0. The van der Waals surface area contributed by atoms with Crippen LogP contribution in [0.15, 0.2) is 12.1 Å². The largest absolute Gasteiger partial charge is 0.506 e. The third kappa shape index (κ3) is 1.69. The Hall–Kier alpha value is -2.20. The Balaban J connectivity index is 3.28. The molecule has 1 aromatic carbocycles. The Morgan fingerprint density at radius 3 is 2.62 bits per heavy atom. The Bertz CT molecular complexity index is 412. The van der Waals surface area contributed by atoms with E-state index in [-0.39, 0.29) is 17.9 Å². The first kappa shape index (κ1) is 8.89. The highest BCUT2D eigenvalue weighted by molar-refractivity contribution is 5.61. The number of hydrogen-bond donors (Lipinski definition) is 2. The first-order chi connectivity index (χ1) is 6.19. The van der Waals surface area contributed by atoms with Crippen LogP contribution < -0.4 is 5.73 Å². The van der Waals surface area contributed by atoms with Crippen molar-refractivity contribution in [1.82, 2.24) is 0 Å². The van der Waals surface area contributed by atoms with Gasteiger partial charge in [-0.25, -0.2) is 0 Å². The number of phenols is 1. The first-order valence-corrected chi connectivity index (χ1v) is 3.57. The van der Waals surface area contributed by atoms with E-state index in [0.717, 1.165) is 0 Å². The van der Waals surface area contributed by atoms with Gasteiger partial charge in [-0.1, -0.05) is 0 Å². The molecular formula is C9H7N3O. The van der Waals surface area contributed by atoms with E-state index in [0.29, 0.717) is 11.1 Å². The van der Waals surface area contributed by atoms with Gasteiger partial charge in [0.25, 0.3) is 0 Å². The van der Waals surface area contributed by atoms with E-state index in [1.165, 1.54) is 12.1 Å². The van der Waals surface area contributed by atoms with Crippen LogP contribution in [0.5, 0.6) is 5.75 Å². The van der Waals surface area contributed by atoms with Gasteiger partial charge in [-0.05, 0) is 17.7 Å². The van der Waals surface area contributed by atoms with Crippen LogP contribution in [-0.4, -0.2) is 5.11 Å². The molecule has 0 spiro atoms. The lowest BCUT2D eigenvalue weighted by Crippen LogP contribution is -1.95. The number of anilines is 1. The Kier molecular flexibility index (Phi) is 2.37. The zero-order chi connectivity index (χ0) is 9.84. The van der Waals surface area contributed by atoms with Gasteiger partial charge in [0, 0.05) is 0 Å². The zero-order valence-electron chi connectivity index (χ0n) is 6.78. The Morgan fingerprint density at radius 1 is 1.38 bits per heavy atom. The molecule has 1 rings (SSSR count). The van der Waals surface area contributed by atoms with Crippen molar-refractivity contribution in [2.45, 2.75) is 6.42 Å². The van der Waals surface area contributed by atoms with Crippen molar-refractivity contribution < 1.29 is 5.11 Å². The predicted octanol–water partition coefficient (Wildman–Crippen LogP) is 0.912. The number of nitrogens with two attached hydrogens (primary N) is 1. The van der Waals surface area contributed by atoms with Crippen LogP contribution in [-0.2, 0) is 6.42 Å². The standard InChI is InChI=1S/C9H7N3O/c10-2-1-7-3-6(5-11)4-8(13)9(7)12/h3-4,13H,1,12H2. The SMILES string of the molecule is N#CCc1cc(C#N)cc(O)c1N. The van der Waals surface area contributed by atoms with E-state index in [2.05, 4.69) is 0 Å². The van der Waals surface area contributed by atoms with E-state index >= 15 is 0 Å². The van der Waals surface area contributed by atoms with Gasteiger partial charge in [0.15, 0.2) is 0 Å². The summed E-state index contributed by atoms with van der Waals surface area (Å²) in [7, 11) is 0. The molecule has 0 aliphatic rings. The van der Waals surface area contributed by atoms with Gasteiger partial charge < -0.3 is 10.8 Å². The quantitative estimate of drug-likeness (QED) is 0.487. The van der Waals surface area contributed by atoms with Gasteiger partial charge >= 0.3 is 0 Å². The number of nitrogen functional groups attached to an aromatic ring is 1. The highest BCUT2D eigenvalue weighted by atomic mass is 16.3. The topological polar surface area (TPSA) is 93.8 Å². The minimum absolute atomic E-state index is 0.0922. The molecule has 1 aromatic rings. The van der Waals surface area contributed by atoms with Crippen LogP contribution in [0.25, 0.3) is 0 Å². The smallest absolute Gasteiger partial charge is 0.140 e. The number of rotatable bonds is 1. The molecule has 0 saturated heterocycles. The summed E-state index contributed by atoms with van der Waals surface area (Å²) >= 11 is 0. The van der Waals surface area contributed by atoms with Crippen molar-refractivity contribution in [3.63, 3.8) is 0 Å². The summed E-state index contributed by atoms with van der Waals surface area (Å²) in [5, 5.41) is 26.2. The second-order valence-corrected chi connectivity index (χ2v) is 2.51. The molecule has 0 aliphatic heterocycles. The van der Waals surface area contributed by atoms with Crippen LogP contribution >= 0.6 is 0 Å². The van der Waals surface area contributed by atoms with Crippen molar-refractivity contribution in [2.24, 2.45) is 0 Å². The molecule has 4 nitrogen and oxygen atoms in total. The highest BCUT2D eigenvalue weighted by Gasteiger charge is 2.06. The summed E-state index contributed by atoms with van der Waals surface area (Å²) < 4.78 is 0. The molecule has 0 radical (unpaired) electrons. The van der Waals surface area contributed by atoms with E-state index < -0.39 is 0 Å². The molecule has 0 heterocycles. The second-order valence-electron chi connectivity index (χ2n) is 2.51. The first-order valence-electron chi connectivity index (χ1n) is 3.57. The molecule has 13 heavy (non-hydrogen) atoms. The maximum Gasteiger partial charge on any atom is 0.140 e. The van der Waals surface area contributed by atoms with Crippen LogP contribution in [0.4, 0.5) is 5.69 Å². The predicted molar refractivity (Wildman–Crippen MR) is 46.6 cm³/mol. The molecule has 0 amide bonds. The van der Waals surface area contributed by atoms with Gasteiger partial charge in [0.2, 0.25) is 0 Å². The molecule has 0 fully saturated rings. The fraction of sp³-hybridized carbons (Fsp3) is 0.111. The fourth-order valence-electron chi connectivity index (χ4n) is 0.993. The van der Waals surface area contributed by atoms with Crippen molar-refractivity contribution in [2.75, 3.05) is 5.73 Å². The molecular weight excluding hydrogens is 166 g/mol. The van der Waals surface area contributed by atoms with Crippen molar-refractivity contribution in [3.05, 3.63) is 23.3 Å². The number of hydrogen-bond acceptors (Lipinski definition) is 4. The second kappa shape index (κ2) is 3.46. The lowest BCUT2D eigenvalue weighted by molar-refractivity contribution is 0.477. The highest BCUT2D eigenvalue weighted by Crippen LogP contribution is 2.25. The molecule has 0 saturated carbocycles. The van der Waals surface area contributed by atoms with Crippen LogP contribution in [0.2, 0.25) is 0 Å². The van der Waals surface area contributed by atoms with Crippen LogP contribution in [0.1, 0.15) is 11.1 Å². The summed E-state index contributed by atoms with van der Waals surface area (Å²) in [5.74, 6) is -0.149. The summed E-state index contributed by atoms with van der Waals surface area (Å²) in [6, 6.07) is 6.54. The average molecular weight is 173 g/mol. The minimum atomic E-state index is -0.149. The lowest BCUT2D eigenvalue weighted by atomic mass is 10.1. The fourth-order valence-corrected chi connectivity index (χ4v) is 0.993. The minimum Gasteiger partial charge on any atom is -0.506 e. The Labute approximate surface area is 75.4 Å². The van der Waals surface area contributed by atoms with Gasteiger partial charge in [-0.3, -0.25) is 0 Å². The van der Waals surface area contributed by atoms with Crippen LogP contribution in [0, 0.1) is 22.7 Å². The summed E-state index contributed by atoms with van der Waals surface area (Å²) in [5.41, 5.74) is 6.44. The average Bonchev–Trinajstić information content (AvgIpc) is 2.13. The van der Waals surface area contributed by atoms with E-state index in [1.807, 2.05) is 12.1 Å². The number of nitrogens with zero attached hydrogens (tertiary/aromatic N) is 2. The monoisotopic (exact) mass is 173 g/mol. The van der Waals surface area contributed by atoms with Gasteiger partial charge in [0.1, 0.15) is 5.75 Å². The molecule has 0 atom stereocenters. The van der Waals surface area contributed by atoms with Crippen molar-refractivity contribution in [1.29, 1.82) is 10.5 Å². The van der Waals surface area contributed by atoms with E-state index in [1.54, 1.807) is 0 Å². The molecule has 0 aromatic heterocycles. The number of phenolic OH excluding ortho intramolecular Hbond substituents is 1. The number of nitriles is 2. The maximum absolute atomic E-state index is 9.25. The summed E-state index contributed by atoms with van der Waals surface area (Å²) in [6.07, 6.45) is 0.0922. The van der Waals surface area contributed by atoms with E-state index in [4.69, 9.17) is 16.3 Å². The van der Waals surface area contributed by atoms with Gasteiger partial charge in [-0.2, -0.15) is 10.5 Å². The third-order valence-corrected chi connectivity index (χ3v) is 1.64. The number of aromatic hydroxyl groups is 1. The normalized spacial score (nSPS) is 8.77. The van der Waals surface area contributed by atoms with Crippen molar-refractivity contribution in [3.8, 4) is 17.9 Å². The lowest BCUT2D eigenvalue weighted by Gasteiger charge is -2.03.